The fourth-order valence-corrected chi connectivity index (χ4v) is 11.2. The first-order valence-corrected chi connectivity index (χ1v) is 13.5. The highest BCUT2D eigenvalue weighted by molar-refractivity contribution is 5.85. The zero-order valence-electron chi connectivity index (χ0n) is 21.6. The van der Waals surface area contributed by atoms with Gasteiger partial charge in [0.15, 0.2) is 0 Å². The van der Waals surface area contributed by atoms with Crippen molar-refractivity contribution in [3.8, 4) is 0 Å². The molecular weight excluding hydrogens is 392 g/mol. The maximum absolute atomic E-state index is 12.9. The number of fused-ring (bicyclic) bond motifs is 7. The quantitative estimate of drug-likeness (QED) is 0.332. The van der Waals surface area contributed by atoms with E-state index < -0.39 is 0 Å². The van der Waals surface area contributed by atoms with E-state index in [1.54, 1.807) is 0 Å². The summed E-state index contributed by atoms with van der Waals surface area (Å²) < 4.78 is 0. The SMILES string of the molecule is C=C(C)C1CC[C@]2(C=O)CC[C@]3(C)[C@H](CC[C@@H]4[C@@]5(C)CCC(=O)C(C)(C)[C@@H]5CC[C@]43C)C12. The summed E-state index contributed by atoms with van der Waals surface area (Å²) >= 11 is 0. The van der Waals surface area contributed by atoms with Crippen LogP contribution in [0.1, 0.15) is 106 Å². The highest BCUT2D eigenvalue weighted by Gasteiger charge is 2.70. The van der Waals surface area contributed by atoms with E-state index in [0.717, 1.165) is 32.1 Å². The molecule has 0 aromatic heterocycles. The fraction of sp³-hybridized carbons (Fsp3) is 0.867. The highest BCUT2D eigenvalue weighted by Crippen LogP contribution is 2.77. The van der Waals surface area contributed by atoms with E-state index in [1.807, 2.05) is 0 Å². The molecule has 0 radical (unpaired) electrons. The topological polar surface area (TPSA) is 34.1 Å². The number of Topliss-reactive ketones (excluding diaryl/α,β-unsaturated/α-hetero) is 1. The lowest BCUT2D eigenvalue weighted by atomic mass is 9.32. The van der Waals surface area contributed by atoms with Gasteiger partial charge in [-0.2, -0.15) is 0 Å². The number of allylic oxidation sites excluding steroid dienone is 1. The van der Waals surface area contributed by atoms with Gasteiger partial charge in [-0.1, -0.05) is 46.8 Å². The van der Waals surface area contributed by atoms with Crippen molar-refractivity contribution in [1.82, 2.24) is 0 Å². The van der Waals surface area contributed by atoms with Gasteiger partial charge in [-0.3, -0.25) is 4.79 Å². The highest BCUT2D eigenvalue weighted by atomic mass is 16.1. The second kappa shape index (κ2) is 6.82. The summed E-state index contributed by atoms with van der Waals surface area (Å²) in [6, 6.07) is 0. The van der Waals surface area contributed by atoms with Gasteiger partial charge in [0, 0.05) is 17.3 Å². The molecule has 9 atom stereocenters. The fourth-order valence-electron chi connectivity index (χ4n) is 11.2. The Kier molecular flexibility index (Phi) is 4.87. The molecule has 0 aliphatic heterocycles. The van der Waals surface area contributed by atoms with Crippen LogP contribution in [0.15, 0.2) is 12.2 Å². The van der Waals surface area contributed by atoms with Gasteiger partial charge in [-0.15, -0.1) is 0 Å². The molecule has 178 valence electrons. The lowest BCUT2D eigenvalue weighted by Crippen LogP contribution is -2.66. The third-order valence-corrected chi connectivity index (χ3v) is 13.1. The number of carbonyl (C=O) groups excluding carboxylic acids is 2. The lowest BCUT2D eigenvalue weighted by Gasteiger charge is -2.72. The molecule has 2 unspecified atom stereocenters. The molecule has 0 saturated heterocycles. The van der Waals surface area contributed by atoms with Crippen molar-refractivity contribution >= 4 is 12.1 Å². The normalized spacial score (nSPS) is 54.1. The monoisotopic (exact) mass is 438 g/mol. The number of hydrogen-bond acceptors (Lipinski definition) is 2. The average Bonchev–Trinajstić information content (AvgIpc) is 3.12. The van der Waals surface area contributed by atoms with Crippen molar-refractivity contribution < 1.29 is 9.59 Å². The molecule has 5 fully saturated rings. The molecule has 5 rings (SSSR count). The summed E-state index contributed by atoms with van der Waals surface area (Å²) in [5.41, 5.74) is 1.87. The average molecular weight is 439 g/mol. The van der Waals surface area contributed by atoms with Crippen molar-refractivity contribution in [2.24, 2.45) is 56.7 Å². The third-order valence-electron chi connectivity index (χ3n) is 13.1. The number of rotatable bonds is 2. The van der Waals surface area contributed by atoms with Gasteiger partial charge in [0.2, 0.25) is 0 Å². The van der Waals surface area contributed by atoms with Gasteiger partial charge in [-0.25, -0.2) is 0 Å². The predicted molar refractivity (Wildman–Crippen MR) is 130 cm³/mol. The van der Waals surface area contributed by atoms with Gasteiger partial charge in [0.05, 0.1) is 0 Å². The molecule has 0 heterocycles. The van der Waals surface area contributed by atoms with Crippen LogP contribution in [0.5, 0.6) is 0 Å². The third kappa shape index (κ3) is 2.54. The van der Waals surface area contributed by atoms with Gasteiger partial charge < -0.3 is 4.79 Å². The van der Waals surface area contributed by atoms with E-state index in [1.165, 1.54) is 44.0 Å². The smallest absolute Gasteiger partial charge is 0.138 e. The summed E-state index contributed by atoms with van der Waals surface area (Å²) in [6.45, 7) is 18.9. The van der Waals surface area contributed by atoms with Crippen LogP contribution in [0.4, 0.5) is 0 Å². The first-order valence-electron chi connectivity index (χ1n) is 13.5. The zero-order valence-corrected chi connectivity index (χ0v) is 21.6. The molecule has 2 heteroatoms. The molecule has 5 saturated carbocycles. The molecule has 0 aromatic carbocycles. The molecular formula is C30H46O2. The molecule has 0 aromatic rings. The molecule has 2 nitrogen and oxygen atoms in total. The van der Waals surface area contributed by atoms with Crippen molar-refractivity contribution in [3.63, 3.8) is 0 Å². The van der Waals surface area contributed by atoms with Crippen LogP contribution in [0.2, 0.25) is 0 Å². The Morgan fingerprint density at radius 1 is 0.875 bits per heavy atom. The van der Waals surface area contributed by atoms with Crippen LogP contribution in [0.25, 0.3) is 0 Å². The number of carbonyl (C=O) groups is 2. The standard InChI is InChI=1S/C30H46O2/c1-19(2)20-10-15-30(18-31)17-16-28(6)21(25(20)30)8-9-23-27(5)13-12-24(32)26(3,4)22(27)11-14-29(23,28)7/h18,20-23,25H,1,8-17H2,2-7H3/t20?,21-,22+,23-,25?,27+,28-,29-,30-/m1/s1. The van der Waals surface area contributed by atoms with Gasteiger partial charge >= 0.3 is 0 Å². The minimum absolute atomic E-state index is 0.0999. The van der Waals surface area contributed by atoms with E-state index in [9.17, 15) is 9.59 Å². The van der Waals surface area contributed by atoms with Crippen molar-refractivity contribution in [2.45, 2.75) is 106 Å². The molecule has 0 amide bonds. The molecule has 0 N–H and O–H groups in total. The second-order valence-corrected chi connectivity index (χ2v) is 14.2. The van der Waals surface area contributed by atoms with Crippen LogP contribution in [-0.2, 0) is 9.59 Å². The molecule has 0 spiro atoms. The van der Waals surface area contributed by atoms with Gasteiger partial charge in [0.25, 0.3) is 0 Å². The Labute approximate surface area is 196 Å². The summed E-state index contributed by atoms with van der Waals surface area (Å²) in [4.78, 5) is 25.4. The minimum atomic E-state index is -0.179. The number of aldehydes is 1. The Morgan fingerprint density at radius 2 is 1.59 bits per heavy atom. The second-order valence-electron chi connectivity index (χ2n) is 14.2. The van der Waals surface area contributed by atoms with E-state index in [0.29, 0.717) is 40.8 Å². The molecule has 32 heavy (non-hydrogen) atoms. The molecule has 5 aliphatic rings. The number of hydrogen-bond donors (Lipinski definition) is 0. The summed E-state index contributed by atoms with van der Waals surface area (Å²) in [7, 11) is 0. The maximum atomic E-state index is 12.9. The summed E-state index contributed by atoms with van der Waals surface area (Å²) in [5, 5.41) is 0. The molecule has 0 bridgehead atoms. The summed E-state index contributed by atoms with van der Waals surface area (Å²) in [6.07, 6.45) is 12.7. The van der Waals surface area contributed by atoms with Crippen molar-refractivity contribution in [1.29, 1.82) is 0 Å². The van der Waals surface area contributed by atoms with Crippen LogP contribution in [0, 0.1) is 56.7 Å². The Balaban J connectivity index is 1.56. The Bertz CT molecular complexity index is 855. The Hall–Kier alpha value is -0.920. The van der Waals surface area contributed by atoms with E-state index in [2.05, 4.69) is 48.1 Å². The first kappa shape index (κ1) is 22.9. The number of ketones is 1. The van der Waals surface area contributed by atoms with Gasteiger partial charge in [0.1, 0.15) is 12.1 Å². The van der Waals surface area contributed by atoms with Crippen LogP contribution in [-0.4, -0.2) is 12.1 Å². The van der Waals surface area contributed by atoms with Crippen LogP contribution in [0.3, 0.4) is 0 Å². The molecule has 5 aliphatic carbocycles. The van der Waals surface area contributed by atoms with E-state index in [4.69, 9.17) is 0 Å². The largest absolute Gasteiger partial charge is 0.303 e. The lowest BCUT2D eigenvalue weighted by molar-refractivity contribution is -0.231. The minimum Gasteiger partial charge on any atom is -0.303 e. The van der Waals surface area contributed by atoms with Gasteiger partial charge in [-0.05, 0) is 111 Å². The van der Waals surface area contributed by atoms with E-state index >= 15 is 0 Å². The zero-order chi connectivity index (χ0) is 23.3. The van der Waals surface area contributed by atoms with Crippen molar-refractivity contribution in [3.05, 3.63) is 12.2 Å². The van der Waals surface area contributed by atoms with E-state index in [-0.39, 0.29) is 21.7 Å². The Morgan fingerprint density at radius 3 is 2.25 bits per heavy atom. The van der Waals surface area contributed by atoms with Crippen LogP contribution < -0.4 is 0 Å². The van der Waals surface area contributed by atoms with Crippen molar-refractivity contribution in [2.75, 3.05) is 0 Å². The summed E-state index contributed by atoms with van der Waals surface area (Å²) in [5.74, 6) is 3.34. The first-order chi connectivity index (χ1) is 14.9. The maximum Gasteiger partial charge on any atom is 0.138 e. The predicted octanol–water partition coefficient (Wildman–Crippen LogP) is 7.41. The van der Waals surface area contributed by atoms with Crippen LogP contribution >= 0.6 is 0 Å².